The number of hydrogen-bond acceptors (Lipinski definition) is 3. The Morgan fingerprint density at radius 2 is 1.79 bits per heavy atom. The van der Waals surface area contributed by atoms with Crippen LogP contribution in [0, 0.1) is 5.82 Å². The van der Waals surface area contributed by atoms with Crippen LogP contribution in [-0.2, 0) is 21.4 Å². The van der Waals surface area contributed by atoms with Gasteiger partial charge in [0.05, 0.1) is 11.5 Å². The molecule has 1 aliphatic rings. The molecule has 0 aliphatic heterocycles. The third kappa shape index (κ3) is 3.66. The summed E-state index contributed by atoms with van der Waals surface area (Å²) < 4.78 is 46.2. The van der Waals surface area contributed by atoms with Crippen LogP contribution in [0.2, 0.25) is 0 Å². The Balaban J connectivity index is 1.61. The first-order valence-electron chi connectivity index (χ1n) is 7.84. The molecule has 3 rings (SSSR count). The molecule has 1 fully saturated rings. The molecule has 2 aromatic carbocycles. The number of halogens is 1. The van der Waals surface area contributed by atoms with E-state index in [9.17, 15) is 12.8 Å². The van der Waals surface area contributed by atoms with Gasteiger partial charge in [0.15, 0.2) is 0 Å². The van der Waals surface area contributed by atoms with Crippen LogP contribution in [0.1, 0.15) is 29.9 Å². The van der Waals surface area contributed by atoms with Crippen molar-refractivity contribution in [1.82, 2.24) is 4.72 Å². The number of benzene rings is 2. The van der Waals surface area contributed by atoms with Crippen LogP contribution >= 0.6 is 0 Å². The van der Waals surface area contributed by atoms with Gasteiger partial charge in [0, 0.05) is 13.2 Å². The minimum absolute atomic E-state index is 0.0722. The molecule has 1 N–H and O–H groups in total. The largest absolute Gasteiger partial charge is 0.380 e. The van der Waals surface area contributed by atoms with Crippen molar-refractivity contribution < 1.29 is 17.5 Å². The molecule has 4 nitrogen and oxygen atoms in total. The molecule has 1 saturated carbocycles. The fourth-order valence-corrected chi connectivity index (χ4v) is 4.25. The molecule has 2 aromatic rings. The second kappa shape index (κ2) is 7.01. The normalized spacial score (nSPS) is 20.6. The Labute approximate surface area is 141 Å². The topological polar surface area (TPSA) is 55.4 Å². The van der Waals surface area contributed by atoms with Gasteiger partial charge in [-0.3, -0.25) is 0 Å². The molecule has 6 heteroatoms. The Morgan fingerprint density at radius 1 is 1.12 bits per heavy atom. The van der Waals surface area contributed by atoms with Gasteiger partial charge in [0.1, 0.15) is 5.82 Å². The Kier molecular flexibility index (Phi) is 4.99. The van der Waals surface area contributed by atoms with E-state index >= 15 is 0 Å². The van der Waals surface area contributed by atoms with Crippen molar-refractivity contribution in [3.8, 4) is 0 Å². The highest BCUT2D eigenvalue weighted by atomic mass is 32.2. The lowest BCUT2D eigenvalue weighted by Gasteiger charge is -2.36. The van der Waals surface area contributed by atoms with Crippen molar-refractivity contribution in [2.45, 2.75) is 36.3 Å². The second-order valence-electron chi connectivity index (χ2n) is 6.09. The number of rotatable bonds is 6. The minimum atomic E-state index is -3.55. The van der Waals surface area contributed by atoms with E-state index < -0.39 is 10.0 Å². The van der Waals surface area contributed by atoms with E-state index in [4.69, 9.17) is 4.74 Å². The lowest BCUT2D eigenvalue weighted by atomic mass is 9.76. The predicted octanol–water partition coefficient (Wildman–Crippen LogP) is 3.20. The van der Waals surface area contributed by atoms with Crippen molar-refractivity contribution >= 4 is 10.0 Å². The summed E-state index contributed by atoms with van der Waals surface area (Å²) in [6.45, 7) is 0.445. The lowest BCUT2D eigenvalue weighted by molar-refractivity contribution is 0.185. The summed E-state index contributed by atoms with van der Waals surface area (Å²) in [6, 6.07) is 13.1. The van der Waals surface area contributed by atoms with E-state index in [1.54, 1.807) is 49.6 Å². The summed E-state index contributed by atoms with van der Waals surface area (Å²) in [5.41, 5.74) is 1.58. The maximum atomic E-state index is 13.7. The SMILES string of the molecule is COCc1ccc(S(=O)(=O)NC2CC(c3ccccc3F)C2)cc1. The van der Waals surface area contributed by atoms with Crippen LogP contribution < -0.4 is 4.72 Å². The van der Waals surface area contributed by atoms with E-state index in [-0.39, 0.29) is 22.7 Å². The van der Waals surface area contributed by atoms with Crippen molar-refractivity contribution in [1.29, 1.82) is 0 Å². The van der Waals surface area contributed by atoms with E-state index in [1.807, 2.05) is 0 Å². The fourth-order valence-electron chi connectivity index (χ4n) is 2.99. The molecule has 128 valence electrons. The van der Waals surface area contributed by atoms with Gasteiger partial charge in [-0.15, -0.1) is 0 Å². The molecule has 0 spiro atoms. The number of hydrogen-bond donors (Lipinski definition) is 1. The van der Waals surface area contributed by atoms with Gasteiger partial charge in [-0.05, 0) is 48.1 Å². The Morgan fingerprint density at radius 3 is 2.42 bits per heavy atom. The second-order valence-corrected chi connectivity index (χ2v) is 7.80. The summed E-state index contributed by atoms with van der Waals surface area (Å²) in [5.74, 6) is -0.152. The zero-order valence-corrected chi connectivity index (χ0v) is 14.2. The molecule has 1 aliphatic carbocycles. The van der Waals surface area contributed by atoms with Crippen LogP contribution in [0.5, 0.6) is 0 Å². The highest BCUT2D eigenvalue weighted by molar-refractivity contribution is 7.89. The summed E-state index contributed by atoms with van der Waals surface area (Å²) in [5, 5.41) is 0. The van der Waals surface area contributed by atoms with Gasteiger partial charge in [0.2, 0.25) is 10.0 Å². The number of sulfonamides is 1. The summed E-state index contributed by atoms with van der Waals surface area (Å²) in [4.78, 5) is 0.233. The molecule has 0 amide bonds. The van der Waals surface area contributed by atoms with E-state index in [0.717, 1.165) is 5.56 Å². The van der Waals surface area contributed by atoms with Crippen LogP contribution in [-0.4, -0.2) is 21.6 Å². The zero-order chi connectivity index (χ0) is 17.2. The van der Waals surface area contributed by atoms with Gasteiger partial charge in [-0.2, -0.15) is 0 Å². The van der Waals surface area contributed by atoms with Crippen LogP contribution in [0.25, 0.3) is 0 Å². The van der Waals surface area contributed by atoms with Crippen molar-refractivity contribution in [2.24, 2.45) is 0 Å². The maximum absolute atomic E-state index is 13.7. The van der Waals surface area contributed by atoms with Crippen LogP contribution in [0.4, 0.5) is 4.39 Å². The standard InChI is InChI=1S/C18H20FNO3S/c1-23-12-13-6-8-16(9-7-13)24(21,22)20-15-10-14(11-15)17-4-2-3-5-18(17)19/h2-9,14-15,20H,10-12H2,1H3. The summed E-state index contributed by atoms with van der Waals surface area (Å²) in [7, 11) is -1.96. The summed E-state index contributed by atoms with van der Waals surface area (Å²) >= 11 is 0. The van der Waals surface area contributed by atoms with Crippen molar-refractivity contribution in [3.05, 3.63) is 65.5 Å². The van der Waals surface area contributed by atoms with Gasteiger partial charge in [-0.1, -0.05) is 30.3 Å². The number of ether oxygens (including phenoxy) is 1. The van der Waals surface area contributed by atoms with E-state index in [0.29, 0.717) is 25.0 Å². The van der Waals surface area contributed by atoms with Gasteiger partial charge < -0.3 is 4.74 Å². The summed E-state index contributed by atoms with van der Waals surface area (Å²) in [6.07, 6.45) is 1.23. The quantitative estimate of drug-likeness (QED) is 0.871. The molecule has 0 radical (unpaired) electrons. The Hall–Kier alpha value is -1.76. The fraction of sp³-hybridized carbons (Fsp3) is 0.333. The molecule has 0 heterocycles. The average Bonchev–Trinajstić information content (AvgIpc) is 2.52. The molecular weight excluding hydrogens is 329 g/mol. The average molecular weight is 349 g/mol. The van der Waals surface area contributed by atoms with Crippen molar-refractivity contribution in [2.75, 3.05) is 7.11 Å². The van der Waals surface area contributed by atoms with E-state index in [1.165, 1.54) is 6.07 Å². The highest BCUT2D eigenvalue weighted by Gasteiger charge is 2.34. The molecule has 0 bridgehead atoms. The van der Waals surface area contributed by atoms with Crippen LogP contribution in [0.15, 0.2) is 53.4 Å². The van der Waals surface area contributed by atoms with Gasteiger partial charge in [0.25, 0.3) is 0 Å². The molecule has 0 aromatic heterocycles. The highest BCUT2D eigenvalue weighted by Crippen LogP contribution is 2.38. The lowest BCUT2D eigenvalue weighted by Crippen LogP contribution is -2.43. The third-order valence-corrected chi connectivity index (χ3v) is 5.89. The maximum Gasteiger partial charge on any atom is 0.240 e. The van der Waals surface area contributed by atoms with Crippen molar-refractivity contribution in [3.63, 3.8) is 0 Å². The van der Waals surface area contributed by atoms with Crippen LogP contribution in [0.3, 0.4) is 0 Å². The monoisotopic (exact) mass is 349 g/mol. The van der Waals surface area contributed by atoms with E-state index in [2.05, 4.69) is 4.72 Å². The number of nitrogens with one attached hydrogen (secondary N) is 1. The zero-order valence-electron chi connectivity index (χ0n) is 13.4. The Bertz CT molecular complexity index is 799. The molecule has 0 atom stereocenters. The molecular formula is C18H20FNO3S. The van der Waals surface area contributed by atoms with Gasteiger partial charge in [-0.25, -0.2) is 17.5 Å². The third-order valence-electron chi connectivity index (χ3n) is 4.35. The minimum Gasteiger partial charge on any atom is -0.380 e. The smallest absolute Gasteiger partial charge is 0.240 e. The predicted molar refractivity (Wildman–Crippen MR) is 89.6 cm³/mol. The molecule has 24 heavy (non-hydrogen) atoms. The first-order chi connectivity index (χ1) is 11.5. The first kappa shape index (κ1) is 17.1. The molecule has 0 saturated heterocycles. The number of methoxy groups -OCH3 is 1. The van der Waals surface area contributed by atoms with Gasteiger partial charge >= 0.3 is 0 Å². The molecule has 0 unspecified atom stereocenters. The first-order valence-corrected chi connectivity index (χ1v) is 9.32.